The summed E-state index contributed by atoms with van der Waals surface area (Å²) in [7, 11) is -3.53. The van der Waals surface area contributed by atoms with Crippen molar-refractivity contribution >= 4 is 10.0 Å². The van der Waals surface area contributed by atoms with Gasteiger partial charge in [0, 0.05) is 31.6 Å². The number of benzene rings is 1. The summed E-state index contributed by atoms with van der Waals surface area (Å²) in [6.45, 7) is 2.62. The van der Waals surface area contributed by atoms with Gasteiger partial charge in [0.2, 0.25) is 21.7 Å². The van der Waals surface area contributed by atoms with Crippen LogP contribution in [0.4, 0.5) is 4.39 Å². The summed E-state index contributed by atoms with van der Waals surface area (Å²) >= 11 is 0. The van der Waals surface area contributed by atoms with E-state index < -0.39 is 15.8 Å². The van der Waals surface area contributed by atoms with E-state index in [4.69, 9.17) is 4.52 Å². The highest BCUT2D eigenvalue weighted by Gasteiger charge is 2.34. The second kappa shape index (κ2) is 7.96. The largest absolute Gasteiger partial charge is 0.339 e. The molecular weight excluding hydrogens is 397 g/mol. The molecule has 0 bridgehead atoms. The zero-order valence-corrected chi connectivity index (χ0v) is 16.6. The molecule has 152 valence electrons. The lowest BCUT2D eigenvalue weighted by Crippen LogP contribution is -2.30. The van der Waals surface area contributed by atoms with Gasteiger partial charge in [-0.3, -0.25) is 0 Å². The van der Waals surface area contributed by atoms with Gasteiger partial charge in [-0.25, -0.2) is 27.1 Å². The molecule has 1 aliphatic heterocycles. The van der Waals surface area contributed by atoms with E-state index in [2.05, 4.69) is 20.1 Å². The fourth-order valence-electron chi connectivity index (χ4n) is 3.43. The van der Waals surface area contributed by atoms with Crippen molar-refractivity contribution in [3.8, 4) is 11.4 Å². The van der Waals surface area contributed by atoms with Gasteiger partial charge < -0.3 is 4.52 Å². The molecule has 0 N–H and O–H groups in total. The van der Waals surface area contributed by atoms with Crippen molar-refractivity contribution in [2.24, 2.45) is 0 Å². The normalized spacial score (nSPS) is 17.7. The fourth-order valence-corrected chi connectivity index (χ4v) is 5.02. The number of halogens is 1. The first-order valence-corrected chi connectivity index (χ1v) is 10.9. The van der Waals surface area contributed by atoms with Gasteiger partial charge >= 0.3 is 0 Å². The number of rotatable bonds is 6. The molecule has 0 amide bonds. The maximum Gasteiger partial charge on any atom is 0.226 e. The van der Waals surface area contributed by atoms with Gasteiger partial charge in [0.15, 0.2) is 0 Å². The molecule has 1 atom stereocenters. The SMILES string of the molecule is CCc1nc(-c2cncnc2[C@@H]2CCN(S(=O)(=O)Cc3ccc(F)cc3)C2)no1. The summed E-state index contributed by atoms with van der Waals surface area (Å²) in [5.74, 6) is 0.271. The molecule has 0 saturated carbocycles. The minimum absolute atomic E-state index is 0.0976. The Balaban J connectivity index is 1.53. The molecule has 1 aromatic carbocycles. The Morgan fingerprint density at radius 3 is 2.79 bits per heavy atom. The van der Waals surface area contributed by atoms with Crippen LogP contribution in [0.3, 0.4) is 0 Å². The van der Waals surface area contributed by atoms with Gasteiger partial charge in [-0.05, 0) is 24.1 Å². The highest BCUT2D eigenvalue weighted by atomic mass is 32.2. The van der Waals surface area contributed by atoms with Crippen molar-refractivity contribution in [2.45, 2.75) is 31.4 Å². The molecule has 1 aliphatic rings. The standard InChI is InChI=1S/C19H20FN5O3S/c1-2-17-23-19(24-28-17)16-9-21-12-22-18(16)14-7-8-25(10-14)29(26,27)11-13-3-5-15(20)6-4-13/h3-6,9,12,14H,2,7-8,10-11H2,1H3/t14-/m1/s1. The number of aryl methyl sites for hydroxylation is 1. The highest BCUT2D eigenvalue weighted by Crippen LogP contribution is 2.33. The minimum Gasteiger partial charge on any atom is -0.339 e. The van der Waals surface area contributed by atoms with Crippen LogP contribution in [0.2, 0.25) is 0 Å². The van der Waals surface area contributed by atoms with E-state index in [1.165, 1.54) is 34.9 Å². The summed E-state index contributed by atoms with van der Waals surface area (Å²) in [6.07, 6.45) is 4.32. The molecule has 0 radical (unpaired) electrons. The summed E-state index contributed by atoms with van der Waals surface area (Å²) < 4.78 is 45.4. The van der Waals surface area contributed by atoms with E-state index in [0.717, 1.165) is 0 Å². The van der Waals surface area contributed by atoms with E-state index in [1.54, 1.807) is 6.20 Å². The molecule has 10 heteroatoms. The Kier molecular flexibility index (Phi) is 5.37. The zero-order chi connectivity index (χ0) is 20.4. The van der Waals surface area contributed by atoms with E-state index in [1.807, 2.05) is 6.92 Å². The maximum atomic E-state index is 13.1. The van der Waals surface area contributed by atoms with Crippen LogP contribution in [0, 0.1) is 5.82 Å². The van der Waals surface area contributed by atoms with Crippen LogP contribution >= 0.6 is 0 Å². The second-order valence-corrected chi connectivity index (χ2v) is 8.88. The first kappa shape index (κ1) is 19.6. The van der Waals surface area contributed by atoms with Crippen molar-refractivity contribution in [1.29, 1.82) is 0 Å². The molecule has 3 aromatic rings. The van der Waals surface area contributed by atoms with Crippen molar-refractivity contribution in [3.63, 3.8) is 0 Å². The number of hydrogen-bond acceptors (Lipinski definition) is 7. The lowest BCUT2D eigenvalue weighted by atomic mass is 10.00. The van der Waals surface area contributed by atoms with E-state index in [-0.39, 0.29) is 11.7 Å². The van der Waals surface area contributed by atoms with Crippen molar-refractivity contribution in [1.82, 2.24) is 24.4 Å². The molecule has 4 rings (SSSR count). The number of aromatic nitrogens is 4. The molecule has 3 heterocycles. The topological polar surface area (TPSA) is 102 Å². The summed E-state index contributed by atoms with van der Waals surface area (Å²) in [4.78, 5) is 12.8. The first-order valence-electron chi connectivity index (χ1n) is 9.31. The fraction of sp³-hybridized carbons (Fsp3) is 0.368. The van der Waals surface area contributed by atoms with E-state index in [0.29, 0.717) is 54.5 Å². The lowest BCUT2D eigenvalue weighted by molar-refractivity contribution is 0.382. The van der Waals surface area contributed by atoms with Crippen LogP contribution in [-0.4, -0.2) is 45.9 Å². The van der Waals surface area contributed by atoms with Crippen LogP contribution in [-0.2, 0) is 22.2 Å². The number of hydrogen-bond donors (Lipinski definition) is 0. The summed E-state index contributed by atoms with van der Waals surface area (Å²) in [5, 5.41) is 3.99. The van der Waals surface area contributed by atoms with Crippen molar-refractivity contribution in [2.75, 3.05) is 13.1 Å². The lowest BCUT2D eigenvalue weighted by Gasteiger charge is -2.17. The van der Waals surface area contributed by atoms with Crippen LogP contribution in [0.5, 0.6) is 0 Å². The molecule has 0 spiro atoms. The van der Waals surface area contributed by atoms with Crippen molar-refractivity contribution < 1.29 is 17.3 Å². The Bertz CT molecular complexity index is 1100. The van der Waals surface area contributed by atoms with E-state index in [9.17, 15) is 12.8 Å². The predicted octanol–water partition coefficient (Wildman–Crippen LogP) is 2.55. The second-order valence-electron chi connectivity index (χ2n) is 6.91. The Hall–Kier alpha value is -2.72. The van der Waals surface area contributed by atoms with Crippen LogP contribution in [0.1, 0.15) is 36.4 Å². The van der Waals surface area contributed by atoms with Crippen molar-refractivity contribution in [3.05, 3.63) is 59.8 Å². The third kappa shape index (κ3) is 4.18. The predicted molar refractivity (Wildman–Crippen MR) is 103 cm³/mol. The molecular formula is C19H20FN5O3S. The monoisotopic (exact) mass is 417 g/mol. The van der Waals surface area contributed by atoms with E-state index >= 15 is 0 Å². The van der Waals surface area contributed by atoms with Gasteiger partial charge in [-0.15, -0.1) is 0 Å². The average Bonchev–Trinajstić information content (AvgIpc) is 3.40. The molecule has 1 saturated heterocycles. The highest BCUT2D eigenvalue weighted by molar-refractivity contribution is 7.88. The van der Waals surface area contributed by atoms with Gasteiger partial charge in [-0.1, -0.05) is 24.2 Å². The average molecular weight is 417 g/mol. The zero-order valence-electron chi connectivity index (χ0n) is 15.8. The summed E-state index contributed by atoms with van der Waals surface area (Å²) in [5.41, 5.74) is 1.91. The minimum atomic E-state index is -3.53. The summed E-state index contributed by atoms with van der Waals surface area (Å²) in [6, 6.07) is 5.51. The molecule has 0 unspecified atom stereocenters. The third-order valence-corrected chi connectivity index (χ3v) is 6.76. The Labute approximate surface area is 167 Å². The molecule has 1 fully saturated rings. The Morgan fingerprint density at radius 2 is 2.07 bits per heavy atom. The molecule has 2 aromatic heterocycles. The molecule has 0 aliphatic carbocycles. The van der Waals surface area contributed by atoms with Crippen LogP contribution < -0.4 is 0 Å². The van der Waals surface area contributed by atoms with Gasteiger partial charge in [0.05, 0.1) is 17.0 Å². The smallest absolute Gasteiger partial charge is 0.226 e. The van der Waals surface area contributed by atoms with Crippen LogP contribution in [0.25, 0.3) is 11.4 Å². The number of nitrogens with zero attached hydrogens (tertiary/aromatic N) is 5. The van der Waals surface area contributed by atoms with Gasteiger partial charge in [-0.2, -0.15) is 4.98 Å². The van der Waals surface area contributed by atoms with Gasteiger partial charge in [0.25, 0.3) is 0 Å². The first-order chi connectivity index (χ1) is 14.0. The molecule has 8 nitrogen and oxygen atoms in total. The molecule has 29 heavy (non-hydrogen) atoms. The maximum absolute atomic E-state index is 13.1. The third-order valence-electron chi connectivity index (χ3n) is 4.95. The quantitative estimate of drug-likeness (QED) is 0.607. The van der Waals surface area contributed by atoms with Crippen LogP contribution in [0.15, 0.2) is 41.3 Å². The van der Waals surface area contributed by atoms with Gasteiger partial charge in [0.1, 0.15) is 12.1 Å². The Morgan fingerprint density at radius 1 is 1.28 bits per heavy atom. The number of sulfonamides is 1.